The minimum absolute atomic E-state index is 0.0870. The minimum atomic E-state index is -0.772. The molecule has 1 aliphatic carbocycles. The number of benzene rings is 1. The van der Waals surface area contributed by atoms with Crippen LogP contribution in [-0.4, -0.2) is 18.6 Å². The SMILES string of the molecule is COc1ccc(C)cc1C(C)NC(=O)C(C)(N)C1CC1. The molecule has 20 heavy (non-hydrogen) atoms. The average molecular weight is 276 g/mol. The van der Waals surface area contributed by atoms with Gasteiger partial charge in [-0.1, -0.05) is 17.7 Å². The maximum atomic E-state index is 12.3. The quantitative estimate of drug-likeness (QED) is 0.867. The molecule has 2 atom stereocenters. The molecule has 1 aromatic carbocycles. The van der Waals surface area contributed by atoms with Crippen molar-refractivity contribution < 1.29 is 9.53 Å². The third-order valence-electron chi connectivity index (χ3n) is 4.11. The zero-order chi connectivity index (χ0) is 14.9. The Kier molecular flexibility index (Phi) is 4.04. The van der Waals surface area contributed by atoms with Crippen LogP contribution in [0.2, 0.25) is 0 Å². The van der Waals surface area contributed by atoms with E-state index in [2.05, 4.69) is 5.32 Å². The zero-order valence-corrected chi connectivity index (χ0v) is 12.7. The number of carbonyl (C=O) groups is 1. The molecule has 0 spiro atoms. The summed E-state index contributed by atoms with van der Waals surface area (Å²) in [5, 5.41) is 3.02. The van der Waals surface area contributed by atoms with Crippen molar-refractivity contribution in [2.75, 3.05) is 7.11 Å². The van der Waals surface area contributed by atoms with E-state index in [0.29, 0.717) is 5.92 Å². The molecule has 1 aliphatic rings. The molecule has 1 saturated carbocycles. The Labute approximate surface area is 120 Å². The summed E-state index contributed by atoms with van der Waals surface area (Å²) in [4.78, 5) is 12.3. The number of hydrogen-bond acceptors (Lipinski definition) is 3. The van der Waals surface area contributed by atoms with Crippen molar-refractivity contribution in [3.05, 3.63) is 29.3 Å². The lowest BCUT2D eigenvalue weighted by molar-refractivity contribution is -0.127. The fraction of sp³-hybridized carbons (Fsp3) is 0.562. The van der Waals surface area contributed by atoms with Crippen molar-refractivity contribution in [1.29, 1.82) is 0 Å². The predicted octanol–water partition coefficient (Wildman–Crippen LogP) is 2.31. The van der Waals surface area contributed by atoms with E-state index in [1.165, 1.54) is 0 Å². The van der Waals surface area contributed by atoms with Crippen molar-refractivity contribution in [2.24, 2.45) is 11.7 Å². The van der Waals surface area contributed by atoms with Crippen LogP contribution in [0.15, 0.2) is 18.2 Å². The van der Waals surface area contributed by atoms with Crippen LogP contribution in [-0.2, 0) is 4.79 Å². The molecule has 1 aromatic rings. The van der Waals surface area contributed by atoms with Crippen molar-refractivity contribution in [3.63, 3.8) is 0 Å². The normalized spacial score (nSPS) is 19.1. The summed E-state index contributed by atoms with van der Waals surface area (Å²) >= 11 is 0. The van der Waals surface area contributed by atoms with Gasteiger partial charge in [0.05, 0.1) is 18.7 Å². The van der Waals surface area contributed by atoms with Crippen LogP contribution in [0.3, 0.4) is 0 Å². The number of rotatable bonds is 5. The summed E-state index contributed by atoms with van der Waals surface area (Å²) in [5.41, 5.74) is 7.49. The predicted molar refractivity (Wildman–Crippen MR) is 79.6 cm³/mol. The van der Waals surface area contributed by atoms with Gasteiger partial charge in [0.15, 0.2) is 0 Å². The topological polar surface area (TPSA) is 64.3 Å². The number of hydrogen-bond donors (Lipinski definition) is 2. The van der Waals surface area contributed by atoms with Gasteiger partial charge >= 0.3 is 0 Å². The number of nitrogens with one attached hydrogen (secondary N) is 1. The van der Waals surface area contributed by atoms with Crippen molar-refractivity contribution >= 4 is 5.91 Å². The van der Waals surface area contributed by atoms with Gasteiger partial charge in [0.2, 0.25) is 5.91 Å². The maximum absolute atomic E-state index is 12.3. The second-order valence-electron chi connectivity index (χ2n) is 6.00. The van der Waals surface area contributed by atoms with Crippen LogP contribution in [0.5, 0.6) is 5.75 Å². The summed E-state index contributed by atoms with van der Waals surface area (Å²) < 4.78 is 5.37. The van der Waals surface area contributed by atoms with E-state index in [1.54, 1.807) is 7.11 Å². The molecule has 3 N–H and O–H groups in total. The molecular formula is C16H24N2O2. The van der Waals surface area contributed by atoms with E-state index < -0.39 is 5.54 Å². The molecule has 0 saturated heterocycles. The zero-order valence-electron chi connectivity index (χ0n) is 12.7. The Balaban J connectivity index is 2.13. The van der Waals surface area contributed by atoms with Crippen LogP contribution >= 0.6 is 0 Å². The molecule has 2 unspecified atom stereocenters. The fourth-order valence-electron chi connectivity index (χ4n) is 2.49. The van der Waals surface area contributed by atoms with E-state index in [-0.39, 0.29) is 11.9 Å². The number of methoxy groups -OCH3 is 1. The van der Waals surface area contributed by atoms with Crippen molar-refractivity contribution in [2.45, 2.75) is 45.2 Å². The Morgan fingerprint density at radius 1 is 1.50 bits per heavy atom. The lowest BCUT2D eigenvalue weighted by Crippen LogP contribution is -2.53. The molecule has 1 fully saturated rings. The summed E-state index contributed by atoms with van der Waals surface area (Å²) in [5.74, 6) is 1.01. The molecule has 0 bridgehead atoms. The minimum Gasteiger partial charge on any atom is -0.496 e. The van der Waals surface area contributed by atoms with E-state index in [0.717, 1.165) is 29.7 Å². The molecule has 0 aliphatic heterocycles. The second kappa shape index (κ2) is 5.44. The Morgan fingerprint density at radius 3 is 2.70 bits per heavy atom. The van der Waals surface area contributed by atoms with Crippen LogP contribution in [0, 0.1) is 12.8 Å². The van der Waals surface area contributed by atoms with Gasteiger partial charge in [0.25, 0.3) is 0 Å². The first-order valence-corrected chi connectivity index (χ1v) is 7.10. The van der Waals surface area contributed by atoms with Crippen LogP contribution in [0.1, 0.15) is 43.9 Å². The number of ether oxygens (including phenoxy) is 1. The molecule has 110 valence electrons. The van der Waals surface area contributed by atoms with E-state index in [9.17, 15) is 4.79 Å². The highest BCUT2D eigenvalue weighted by Gasteiger charge is 2.44. The largest absolute Gasteiger partial charge is 0.496 e. The highest BCUT2D eigenvalue weighted by molar-refractivity contribution is 5.86. The van der Waals surface area contributed by atoms with E-state index in [4.69, 9.17) is 10.5 Å². The summed E-state index contributed by atoms with van der Waals surface area (Å²) in [6.45, 7) is 5.80. The van der Waals surface area contributed by atoms with Gasteiger partial charge in [-0.15, -0.1) is 0 Å². The maximum Gasteiger partial charge on any atom is 0.240 e. The number of nitrogens with two attached hydrogens (primary N) is 1. The number of amides is 1. The fourth-order valence-corrected chi connectivity index (χ4v) is 2.49. The van der Waals surface area contributed by atoms with Crippen molar-refractivity contribution in [1.82, 2.24) is 5.32 Å². The Bertz CT molecular complexity index is 507. The standard InChI is InChI=1S/C16H24N2O2/c1-10-5-8-14(20-4)13(9-10)11(2)18-15(19)16(3,17)12-6-7-12/h5,8-9,11-12H,6-7,17H2,1-4H3,(H,18,19). The van der Waals surface area contributed by atoms with Gasteiger partial charge in [-0.3, -0.25) is 4.79 Å². The second-order valence-corrected chi connectivity index (χ2v) is 6.00. The first-order chi connectivity index (χ1) is 9.36. The van der Waals surface area contributed by atoms with Gasteiger partial charge in [0.1, 0.15) is 5.75 Å². The Hall–Kier alpha value is -1.55. The molecule has 0 radical (unpaired) electrons. The average Bonchev–Trinajstić information content (AvgIpc) is 3.23. The lowest BCUT2D eigenvalue weighted by Gasteiger charge is -2.26. The van der Waals surface area contributed by atoms with Crippen LogP contribution in [0.4, 0.5) is 0 Å². The first kappa shape index (κ1) is 14.9. The lowest BCUT2D eigenvalue weighted by atomic mass is 9.95. The molecule has 0 heterocycles. The summed E-state index contributed by atoms with van der Waals surface area (Å²) in [6, 6.07) is 5.83. The summed E-state index contributed by atoms with van der Waals surface area (Å²) in [6.07, 6.45) is 2.09. The molecule has 4 nitrogen and oxygen atoms in total. The van der Waals surface area contributed by atoms with Crippen LogP contribution in [0.25, 0.3) is 0 Å². The first-order valence-electron chi connectivity index (χ1n) is 7.10. The highest BCUT2D eigenvalue weighted by Crippen LogP contribution is 2.38. The van der Waals surface area contributed by atoms with Gasteiger partial charge in [-0.05, 0) is 45.6 Å². The monoisotopic (exact) mass is 276 g/mol. The number of aryl methyl sites for hydroxylation is 1. The van der Waals surface area contributed by atoms with Gasteiger partial charge in [-0.2, -0.15) is 0 Å². The molecule has 2 rings (SSSR count). The van der Waals surface area contributed by atoms with Crippen LogP contribution < -0.4 is 15.8 Å². The van der Waals surface area contributed by atoms with Crippen molar-refractivity contribution in [3.8, 4) is 5.75 Å². The van der Waals surface area contributed by atoms with Gasteiger partial charge < -0.3 is 15.8 Å². The van der Waals surface area contributed by atoms with Gasteiger partial charge in [0, 0.05) is 5.56 Å². The van der Waals surface area contributed by atoms with E-state index >= 15 is 0 Å². The third-order valence-corrected chi connectivity index (χ3v) is 4.11. The smallest absolute Gasteiger partial charge is 0.240 e. The molecule has 0 aromatic heterocycles. The van der Waals surface area contributed by atoms with Gasteiger partial charge in [-0.25, -0.2) is 0 Å². The Morgan fingerprint density at radius 2 is 2.15 bits per heavy atom. The molecular weight excluding hydrogens is 252 g/mol. The highest BCUT2D eigenvalue weighted by atomic mass is 16.5. The molecule has 1 amide bonds. The molecule has 4 heteroatoms. The third kappa shape index (κ3) is 2.96. The summed E-state index contributed by atoms with van der Waals surface area (Å²) in [7, 11) is 1.64. The van der Waals surface area contributed by atoms with E-state index in [1.807, 2.05) is 39.0 Å². The number of carbonyl (C=O) groups excluding carboxylic acids is 1.